The minimum Gasteiger partial charge on any atom is -0.445 e. The van der Waals surface area contributed by atoms with Crippen molar-refractivity contribution in [3.05, 3.63) is 144 Å². The van der Waals surface area contributed by atoms with Crippen LogP contribution in [0.5, 0.6) is 0 Å². The molecule has 0 aliphatic carbocycles. The van der Waals surface area contributed by atoms with Gasteiger partial charge in [-0.15, -0.1) is 0 Å². The molecule has 0 saturated carbocycles. The molecule has 0 bridgehead atoms. The van der Waals surface area contributed by atoms with Gasteiger partial charge in [0.1, 0.15) is 6.61 Å². The molecule has 4 aromatic rings. The van der Waals surface area contributed by atoms with E-state index in [1.165, 1.54) is 0 Å². The second kappa shape index (κ2) is 9.77. The molecule has 3 nitrogen and oxygen atoms in total. The van der Waals surface area contributed by atoms with E-state index in [1.54, 1.807) is 0 Å². The van der Waals surface area contributed by atoms with Crippen LogP contribution in [0.2, 0.25) is 0 Å². The van der Waals surface area contributed by atoms with Gasteiger partial charge in [-0.3, -0.25) is 0 Å². The number of rotatable bonds is 7. The lowest BCUT2D eigenvalue weighted by molar-refractivity contribution is 0.138. The van der Waals surface area contributed by atoms with Crippen molar-refractivity contribution >= 4 is 6.09 Å². The summed E-state index contributed by atoms with van der Waals surface area (Å²) in [6.07, 6.45) is -0.434. The molecule has 0 fully saturated rings. The number of amides is 1. The highest BCUT2D eigenvalue weighted by Gasteiger charge is 2.36. The van der Waals surface area contributed by atoms with Gasteiger partial charge in [0.25, 0.3) is 0 Å². The smallest absolute Gasteiger partial charge is 0.407 e. The SMILES string of the molecule is O=C(NCC(c1ccccc1)(c1ccccc1)c1ccccc1)OCc1ccccc1. The van der Waals surface area contributed by atoms with E-state index >= 15 is 0 Å². The Morgan fingerprint density at radius 2 is 1.00 bits per heavy atom. The van der Waals surface area contributed by atoms with Crippen LogP contribution in [0.1, 0.15) is 22.3 Å². The minimum absolute atomic E-state index is 0.238. The van der Waals surface area contributed by atoms with Gasteiger partial charge in [0.05, 0.1) is 5.41 Å². The van der Waals surface area contributed by atoms with Gasteiger partial charge in [0, 0.05) is 6.54 Å². The van der Waals surface area contributed by atoms with Crippen LogP contribution in [0.3, 0.4) is 0 Å². The average Bonchev–Trinajstić information content (AvgIpc) is 2.86. The van der Waals surface area contributed by atoms with Crippen molar-refractivity contribution < 1.29 is 9.53 Å². The first kappa shape index (κ1) is 20.4. The molecule has 0 aliphatic heterocycles. The van der Waals surface area contributed by atoms with Gasteiger partial charge in [-0.05, 0) is 22.3 Å². The van der Waals surface area contributed by atoms with Crippen LogP contribution >= 0.6 is 0 Å². The largest absolute Gasteiger partial charge is 0.445 e. The van der Waals surface area contributed by atoms with Gasteiger partial charge in [-0.25, -0.2) is 4.79 Å². The molecular formula is C28H25NO2. The molecule has 31 heavy (non-hydrogen) atoms. The lowest BCUT2D eigenvalue weighted by Gasteiger charge is -2.36. The zero-order valence-electron chi connectivity index (χ0n) is 17.3. The molecule has 0 radical (unpaired) electrons. The fourth-order valence-electron chi connectivity index (χ4n) is 3.95. The third-order valence-corrected chi connectivity index (χ3v) is 5.51. The monoisotopic (exact) mass is 407 g/mol. The molecule has 1 N–H and O–H groups in total. The average molecular weight is 408 g/mol. The van der Waals surface area contributed by atoms with E-state index in [1.807, 2.05) is 84.9 Å². The zero-order chi connectivity index (χ0) is 21.4. The normalized spacial score (nSPS) is 11.0. The topological polar surface area (TPSA) is 38.3 Å². The molecule has 4 rings (SSSR count). The Hall–Kier alpha value is -3.85. The third-order valence-electron chi connectivity index (χ3n) is 5.51. The van der Waals surface area contributed by atoms with Crippen LogP contribution in [-0.4, -0.2) is 12.6 Å². The second-order valence-corrected chi connectivity index (χ2v) is 7.42. The van der Waals surface area contributed by atoms with Crippen molar-refractivity contribution in [1.29, 1.82) is 0 Å². The van der Waals surface area contributed by atoms with Crippen molar-refractivity contribution in [2.45, 2.75) is 12.0 Å². The first-order valence-corrected chi connectivity index (χ1v) is 10.4. The van der Waals surface area contributed by atoms with Gasteiger partial charge in [0.15, 0.2) is 0 Å². The van der Waals surface area contributed by atoms with Gasteiger partial charge in [0.2, 0.25) is 0 Å². The quantitative estimate of drug-likeness (QED) is 0.385. The van der Waals surface area contributed by atoms with Crippen LogP contribution in [0.4, 0.5) is 4.79 Å². The fraction of sp³-hybridized carbons (Fsp3) is 0.107. The molecule has 3 heteroatoms. The number of benzene rings is 4. The number of ether oxygens (including phenoxy) is 1. The van der Waals surface area contributed by atoms with Crippen molar-refractivity contribution in [1.82, 2.24) is 5.32 Å². The number of carbonyl (C=O) groups is 1. The maximum atomic E-state index is 12.6. The Labute approximate surface area is 183 Å². The minimum atomic E-state index is -0.546. The molecular weight excluding hydrogens is 382 g/mol. The number of hydrogen-bond donors (Lipinski definition) is 1. The molecule has 0 atom stereocenters. The highest BCUT2D eigenvalue weighted by Crippen LogP contribution is 2.38. The predicted octanol–water partition coefficient (Wildman–Crippen LogP) is 5.95. The Morgan fingerprint density at radius 3 is 1.42 bits per heavy atom. The summed E-state index contributed by atoms with van der Waals surface area (Å²) in [5, 5.41) is 3.03. The van der Waals surface area contributed by atoms with Crippen LogP contribution < -0.4 is 5.32 Å². The maximum absolute atomic E-state index is 12.6. The summed E-state index contributed by atoms with van der Waals surface area (Å²) < 4.78 is 5.48. The van der Waals surface area contributed by atoms with E-state index < -0.39 is 11.5 Å². The Morgan fingerprint density at radius 1 is 0.613 bits per heavy atom. The molecule has 0 unspecified atom stereocenters. The molecule has 0 spiro atoms. The Balaban J connectivity index is 1.66. The first-order valence-electron chi connectivity index (χ1n) is 10.4. The van der Waals surface area contributed by atoms with Crippen molar-refractivity contribution in [3.8, 4) is 0 Å². The highest BCUT2D eigenvalue weighted by atomic mass is 16.5. The van der Waals surface area contributed by atoms with Crippen molar-refractivity contribution in [2.75, 3.05) is 6.54 Å². The van der Waals surface area contributed by atoms with E-state index in [-0.39, 0.29) is 6.61 Å². The fourth-order valence-corrected chi connectivity index (χ4v) is 3.95. The second-order valence-electron chi connectivity index (χ2n) is 7.42. The number of carbonyl (C=O) groups excluding carboxylic acids is 1. The molecule has 0 aromatic heterocycles. The highest BCUT2D eigenvalue weighted by molar-refractivity contribution is 5.68. The first-order chi connectivity index (χ1) is 15.3. The predicted molar refractivity (Wildman–Crippen MR) is 124 cm³/mol. The molecule has 0 saturated heterocycles. The number of hydrogen-bond acceptors (Lipinski definition) is 2. The van der Waals surface area contributed by atoms with E-state index in [2.05, 4.69) is 41.7 Å². The van der Waals surface area contributed by atoms with Gasteiger partial charge in [-0.1, -0.05) is 121 Å². The molecule has 4 aromatic carbocycles. The molecule has 1 amide bonds. The Bertz CT molecular complexity index is 984. The van der Waals surface area contributed by atoms with E-state index in [0.29, 0.717) is 6.54 Å². The summed E-state index contributed by atoms with van der Waals surface area (Å²) in [6.45, 7) is 0.611. The van der Waals surface area contributed by atoms with Gasteiger partial charge < -0.3 is 10.1 Å². The lowest BCUT2D eigenvalue weighted by Crippen LogP contribution is -2.42. The van der Waals surface area contributed by atoms with Crippen molar-refractivity contribution in [3.63, 3.8) is 0 Å². The molecule has 0 aliphatic rings. The van der Waals surface area contributed by atoms with Crippen LogP contribution in [0.25, 0.3) is 0 Å². The van der Waals surface area contributed by atoms with Crippen LogP contribution in [0, 0.1) is 0 Å². The summed E-state index contributed by atoms with van der Waals surface area (Å²) in [5.74, 6) is 0. The summed E-state index contributed by atoms with van der Waals surface area (Å²) in [4.78, 5) is 12.6. The summed E-state index contributed by atoms with van der Waals surface area (Å²) in [5.41, 5.74) is 3.73. The van der Waals surface area contributed by atoms with Crippen LogP contribution in [0.15, 0.2) is 121 Å². The van der Waals surface area contributed by atoms with E-state index in [4.69, 9.17) is 4.74 Å². The number of nitrogens with one attached hydrogen (secondary N) is 1. The van der Waals surface area contributed by atoms with E-state index in [0.717, 1.165) is 22.3 Å². The van der Waals surface area contributed by atoms with Crippen molar-refractivity contribution in [2.24, 2.45) is 0 Å². The van der Waals surface area contributed by atoms with Gasteiger partial charge in [-0.2, -0.15) is 0 Å². The lowest BCUT2D eigenvalue weighted by atomic mass is 9.69. The summed E-state index contributed by atoms with van der Waals surface area (Å²) >= 11 is 0. The molecule has 0 heterocycles. The van der Waals surface area contributed by atoms with Crippen LogP contribution in [-0.2, 0) is 16.8 Å². The standard InChI is InChI=1S/C28H25NO2/c30-27(31-21-23-13-5-1-6-14-23)29-22-28(24-15-7-2-8-16-24,25-17-9-3-10-18-25)26-19-11-4-12-20-26/h1-20H,21-22H2,(H,29,30). The zero-order valence-corrected chi connectivity index (χ0v) is 17.3. The number of alkyl carbamates (subject to hydrolysis) is 1. The maximum Gasteiger partial charge on any atom is 0.407 e. The summed E-state index contributed by atoms with van der Waals surface area (Å²) in [6, 6.07) is 40.5. The summed E-state index contributed by atoms with van der Waals surface area (Å²) in [7, 11) is 0. The Kier molecular flexibility index (Phi) is 6.44. The third kappa shape index (κ3) is 4.67. The van der Waals surface area contributed by atoms with Gasteiger partial charge >= 0.3 is 6.09 Å². The van der Waals surface area contributed by atoms with E-state index in [9.17, 15) is 4.79 Å². The molecule has 154 valence electrons.